The van der Waals surface area contributed by atoms with Crippen molar-refractivity contribution in [3.63, 3.8) is 0 Å². The van der Waals surface area contributed by atoms with Crippen molar-refractivity contribution in [3.05, 3.63) is 34.6 Å². The normalized spacial score (nSPS) is 16.5. The fourth-order valence-electron chi connectivity index (χ4n) is 4.81. The van der Waals surface area contributed by atoms with E-state index in [1.54, 1.807) is 6.07 Å². The zero-order valence-electron chi connectivity index (χ0n) is 25.2. The van der Waals surface area contributed by atoms with E-state index in [9.17, 15) is 24.9 Å². The molecule has 1 aliphatic heterocycles. The molecule has 3 atom stereocenters. The van der Waals surface area contributed by atoms with Crippen LogP contribution in [-0.2, 0) is 23.8 Å². The molecule has 1 amide bonds. The number of benzene rings is 1. The van der Waals surface area contributed by atoms with Gasteiger partial charge in [0.15, 0.2) is 17.2 Å². The molecule has 3 heterocycles. The third-order valence-corrected chi connectivity index (χ3v) is 7.48. The number of alkyl carbamates (subject to hydrolysis) is 1. The fourth-order valence-corrected chi connectivity index (χ4v) is 5.09. The Morgan fingerprint density at radius 3 is 2.67 bits per heavy atom. The lowest BCUT2D eigenvalue weighted by Crippen LogP contribution is -2.55. The molecule has 1 fully saturated rings. The van der Waals surface area contributed by atoms with Crippen LogP contribution in [0.25, 0.3) is 5.65 Å². The zero-order valence-corrected chi connectivity index (χ0v) is 26.0. The molecule has 1 unspecified atom stereocenters. The van der Waals surface area contributed by atoms with Gasteiger partial charge in [-0.1, -0.05) is 11.6 Å². The lowest BCUT2D eigenvalue weighted by atomic mass is 10.00. The highest BCUT2D eigenvalue weighted by atomic mass is 35.5. The lowest BCUT2D eigenvalue weighted by molar-refractivity contribution is -0.151. The van der Waals surface area contributed by atoms with E-state index >= 15 is 0 Å². The van der Waals surface area contributed by atoms with Crippen LogP contribution < -0.4 is 26.6 Å². The molecule has 3 aromatic rings. The van der Waals surface area contributed by atoms with Gasteiger partial charge in [-0.2, -0.15) is 20.0 Å². The molecule has 0 bridgehead atoms. The average Bonchev–Trinajstić information content (AvgIpc) is 3.48. The molecule has 1 aromatic carbocycles. The van der Waals surface area contributed by atoms with Crippen molar-refractivity contribution < 1.29 is 28.6 Å². The van der Waals surface area contributed by atoms with Gasteiger partial charge in [-0.3, -0.25) is 9.59 Å². The van der Waals surface area contributed by atoms with E-state index in [0.29, 0.717) is 42.4 Å². The van der Waals surface area contributed by atoms with E-state index in [1.165, 1.54) is 31.0 Å². The van der Waals surface area contributed by atoms with Gasteiger partial charge in [-0.15, -0.1) is 5.10 Å². The second-order valence-corrected chi connectivity index (χ2v) is 10.5. The number of carbonyl (C=O) groups is 3. The van der Waals surface area contributed by atoms with Crippen molar-refractivity contribution in [3.8, 4) is 12.1 Å². The summed E-state index contributed by atoms with van der Waals surface area (Å²) >= 11 is 6.89. The van der Waals surface area contributed by atoms with Crippen LogP contribution in [0.5, 0.6) is 0 Å². The molecule has 46 heavy (non-hydrogen) atoms. The van der Waals surface area contributed by atoms with Gasteiger partial charge >= 0.3 is 18.0 Å². The summed E-state index contributed by atoms with van der Waals surface area (Å²) in [5, 5.41) is 32.8. The molecule has 17 nitrogen and oxygen atoms in total. The Labute approximate surface area is 268 Å². The third-order valence-electron chi connectivity index (χ3n) is 7.08. The number of esters is 2. The number of rotatable bonds is 11. The molecule has 242 valence electrons. The molecule has 2 aromatic heterocycles. The number of methoxy groups -OCH3 is 2. The molecule has 0 aliphatic carbocycles. The number of nitrogens with two attached hydrogens (primary N) is 1. The Balaban J connectivity index is 1.62. The number of ether oxygens (including phenoxy) is 3. The van der Waals surface area contributed by atoms with E-state index in [4.69, 9.17) is 26.8 Å². The van der Waals surface area contributed by atoms with Gasteiger partial charge in [-0.05, 0) is 31.9 Å². The first-order valence-electron chi connectivity index (χ1n) is 14.1. The number of nitrogens with zero attached hydrogens (tertiary/aromatic N) is 7. The Bertz CT molecular complexity index is 1700. The number of hydrogen-bond donors (Lipinski definition) is 4. The van der Waals surface area contributed by atoms with Gasteiger partial charge in [0.2, 0.25) is 5.95 Å². The van der Waals surface area contributed by atoms with Crippen LogP contribution in [0.15, 0.2) is 18.3 Å². The maximum atomic E-state index is 12.8. The molecule has 1 aliphatic rings. The maximum Gasteiger partial charge on any atom is 0.407 e. The van der Waals surface area contributed by atoms with Crippen molar-refractivity contribution in [2.75, 3.05) is 49.4 Å². The van der Waals surface area contributed by atoms with E-state index in [1.807, 2.05) is 17.9 Å². The number of anilines is 4. The smallest absolute Gasteiger partial charge is 0.407 e. The number of nitrogens with one attached hydrogen (secondary N) is 3. The van der Waals surface area contributed by atoms with E-state index in [0.717, 1.165) is 0 Å². The SMILES string of the molecule is CCNc1nc(Nc2cc(C#N)cc(N3CC[C@@H](NC(=O)OC)[C@H](OC(=O)CCC(N)C(=O)OC)C3)c2Cl)nn2c(C#N)cnc12. The minimum absolute atomic E-state index is 0.000393. The molecule has 18 heteroatoms. The molecule has 0 saturated carbocycles. The molecule has 4 rings (SSSR count). The van der Waals surface area contributed by atoms with E-state index in [2.05, 4.69) is 41.8 Å². The summed E-state index contributed by atoms with van der Waals surface area (Å²) in [5.41, 5.74) is 7.30. The number of fused-ring (bicyclic) bond motifs is 1. The summed E-state index contributed by atoms with van der Waals surface area (Å²) in [5.74, 6) is -0.829. The van der Waals surface area contributed by atoms with E-state index < -0.39 is 36.2 Å². The number of carbonyl (C=O) groups excluding carboxylic acids is 3. The van der Waals surface area contributed by atoms with Crippen molar-refractivity contribution in [2.24, 2.45) is 5.73 Å². The first-order valence-corrected chi connectivity index (χ1v) is 14.5. The topological polar surface area (TPSA) is 235 Å². The predicted molar refractivity (Wildman–Crippen MR) is 164 cm³/mol. The number of amides is 1. The minimum Gasteiger partial charge on any atom is -0.468 e. The molecule has 0 spiro atoms. The van der Waals surface area contributed by atoms with Gasteiger partial charge in [0.1, 0.15) is 18.2 Å². The van der Waals surface area contributed by atoms with Gasteiger partial charge in [0.05, 0.1) is 61.0 Å². The van der Waals surface area contributed by atoms with Crippen molar-refractivity contribution >= 4 is 58.4 Å². The Morgan fingerprint density at radius 2 is 2.00 bits per heavy atom. The number of imidazole rings is 1. The van der Waals surface area contributed by atoms with Crippen LogP contribution in [0.3, 0.4) is 0 Å². The monoisotopic (exact) mass is 653 g/mol. The van der Waals surface area contributed by atoms with Crippen molar-refractivity contribution in [1.82, 2.24) is 24.9 Å². The fraction of sp³-hybridized carbons (Fsp3) is 0.429. The molecular formula is C28H32ClN11O6. The highest BCUT2D eigenvalue weighted by Gasteiger charge is 2.35. The quantitative estimate of drug-likeness (QED) is 0.171. The van der Waals surface area contributed by atoms with Gasteiger partial charge in [0.25, 0.3) is 0 Å². The first kappa shape index (κ1) is 33.5. The molecular weight excluding hydrogens is 622 g/mol. The highest BCUT2D eigenvalue weighted by Crippen LogP contribution is 2.37. The van der Waals surface area contributed by atoms with Crippen LogP contribution >= 0.6 is 11.6 Å². The average molecular weight is 654 g/mol. The minimum atomic E-state index is -0.998. The van der Waals surface area contributed by atoms with Gasteiger partial charge < -0.3 is 40.8 Å². The van der Waals surface area contributed by atoms with E-state index in [-0.39, 0.29) is 41.6 Å². The summed E-state index contributed by atoms with van der Waals surface area (Å²) in [4.78, 5) is 47.0. The summed E-state index contributed by atoms with van der Waals surface area (Å²) in [7, 11) is 2.42. The molecule has 1 saturated heterocycles. The standard InChI is InChI=1S/C28H32ClN11O6/c1-4-33-24-25-34-13-16(12-31)40(25)38-27(37-24)35-19-9-15(11-30)10-20(23(19)29)39-8-7-18(36-28(43)45-3)21(14-39)46-22(41)6-5-17(32)26(42)44-2/h9-10,13,17-18,21H,4-8,14,32H2,1-3H3,(H,36,43)(H2,33,35,37,38)/t17?,18-,21-/m1/s1. The Hall–Kier alpha value is -5.39. The second-order valence-electron chi connectivity index (χ2n) is 10.1. The summed E-state index contributed by atoms with van der Waals surface area (Å²) in [6.45, 7) is 2.86. The van der Waals surface area contributed by atoms with Crippen LogP contribution in [0.1, 0.15) is 37.4 Å². The van der Waals surface area contributed by atoms with Crippen molar-refractivity contribution in [2.45, 2.75) is 44.4 Å². The molecule has 5 N–H and O–H groups in total. The first-order chi connectivity index (χ1) is 22.1. The van der Waals surface area contributed by atoms with Crippen LogP contribution in [-0.4, -0.2) is 89.7 Å². The summed E-state index contributed by atoms with van der Waals surface area (Å²) in [6, 6.07) is 5.66. The Kier molecular flexibility index (Phi) is 11.0. The third kappa shape index (κ3) is 7.63. The van der Waals surface area contributed by atoms with Crippen LogP contribution in [0.4, 0.5) is 27.9 Å². The Morgan fingerprint density at radius 1 is 1.22 bits per heavy atom. The lowest BCUT2D eigenvalue weighted by Gasteiger charge is -2.39. The largest absolute Gasteiger partial charge is 0.468 e. The highest BCUT2D eigenvalue weighted by molar-refractivity contribution is 6.36. The van der Waals surface area contributed by atoms with Gasteiger partial charge in [-0.25, -0.2) is 9.78 Å². The number of aromatic nitrogens is 4. The summed E-state index contributed by atoms with van der Waals surface area (Å²) in [6.07, 6.45) is -0.0125. The number of nitriles is 2. The van der Waals surface area contributed by atoms with Crippen molar-refractivity contribution in [1.29, 1.82) is 10.5 Å². The van der Waals surface area contributed by atoms with Crippen LogP contribution in [0.2, 0.25) is 5.02 Å². The molecule has 0 radical (unpaired) electrons. The number of halogens is 1. The van der Waals surface area contributed by atoms with Gasteiger partial charge in [0, 0.05) is 19.5 Å². The van der Waals surface area contributed by atoms with Crippen LogP contribution in [0, 0.1) is 22.7 Å². The maximum absolute atomic E-state index is 12.8. The number of hydrogen-bond acceptors (Lipinski definition) is 15. The number of piperidine rings is 1. The summed E-state index contributed by atoms with van der Waals surface area (Å²) < 4.78 is 16.4. The second kappa shape index (κ2) is 15.1. The predicted octanol–water partition coefficient (Wildman–Crippen LogP) is 1.82. The zero-order chi connectivity index (χ0) is 33.4.